The average molecular weight is 257 g/mol. The number of anilines is 1. The molecule has 0 aliphatic carbocycles. The number of carbonyl (C=O) groups excluding carboxylic acids is 1. The van der Waals surface area contributed by atoms with E-state index in [-0.39, 0.29) is 24.4 Å². The third kappa shape index (κ3) is 5.71. The quantitative estimate of drug-likeness (QED) is 0.851. The third-order valence-electron chi connectivity index (χ3n) is 2.41. The number of benzene rings is 1. The van der Waals surface area contributed by atoms with E-state index in [1.807, 2.05) is 38.1 Å². The molecule has 0 aromatic heterocycles. The van der Waals surface area contributed by atoms with Crippen LogP contribution in [0.5, 0.6) is 0 Å². The smallest absolute Gasteiger partial charge is 0.241 e. The van der Waals surface area contributed by atoms with Crippen LogP contribution in [0.4, 0.5) is 5.69 Å². The normalized spacial score (nSPS) is 11.5. The number of nitrogens with one attached hydrogen (secondary N) is 2. The number of hydrogen-bond donors (Lipinski definition) is 2. The average Bonchev–Trinajstić information content (AvgIpc) is 2.29. The van der Waals surface area contributed by atoms with Gasteiger partial charge in [0, 0.05) is 5.69 Å². The summed E-state index contributed by atoms with van der Waals surface area (Å²) >= 11 is 0. The summed E-state index contributed by atoms with van der Waals surface area (Å²) in [5.74, 6) is 0.0114. The second-order valence-electron chi connectivity index (χ2n) is 4.03. The molecule has 1 aromatic rings. The van der Waals surface area contributed by atoms with Gasteiger partial charge < -0.3 is 10.6 Å². The Kier molecular flexibility index (Phi) is 7.59. The maximum atomic E-state index is 11.7. The van der Waals surface area contributed by atoms with Crippen LogP contribution in [0.15, 0.2) is 24.3 Å². The molecule has 1 atom stereocenters. The van der Waals surface area contributed by atoms with E-state index < -0.39 is 0 Å². The molecule has 1 rings (SSSR count). The predicted molar refractivity (Wildman–Crippen MR) is 74.8 cm³/mol. The summed E-state index contributed by atoms with van der Waals surface area (Å²) in [5, 5.41) is 6.03. The van der Waals surface area contributed by atoms with Gasteiger partial charge in [0.1, 0.15) is 0 Å². The summed E-state index contributed by atoms with van der Waals surface area (Å²) < 4.78 is 0. The van der Waals surface area contributed by atoms with E-state index in [1.54, 1.807) is 0 Å². The second kappa shape index (κ2) is 8.09. The van der Waals surface area contributed by atoms with Crippen molar-refractivity contribution in [3.05, 3.63) is 29.8 Å². The van der Waals surface area contributed by atoms with Crippen molar-refractivity contribution in [1.29, 1.82) is 0 Å². The SMILES string of the molecule is CCCNC(C)C(=O)Nc1ccc(C)cc1.Cl. The zero-order chi connectivity index (χ0) is 12.0. The van der Waals surface area contributed by atoms with E-state index in [4.69, 9.17) is 0 Å². The standard InChI is InChI=1S/C13H20N2O.ClH/c1-4-9-14-11(3)13(16)15-12-7-5-10(2)6-8-12;/h5-8,11,14H,4,9H2,1-3H3,(H,15,16);1H. The van der Waals surface area contributed by atoms with Crippen LogP contribution in [0.2, 0.25) is 0 Å². The van der Waals surface area contributed by atoms with Gasteiger partial charge >= 0.3 is 0 Å². The molecular formula is C13H21ClN2O. The lowest BCUT2D eigenvalue weighted by molar-refractivity contribution is -0.117. The topological polar surface area (TPSA) is 41.1 Å². The Balaban J connectivity index is 0.00000256. The minimum Gasteiger partial charge on any atom is -0.325 e. The summed E-state index contributed by atoms with van der Waals surface area (Å²) in [6.45, 7) is 6.84. The molecule has 1 unspecified atom stereocenters. The number of rotatable bonds is 5. The van der Waals surface area contributed by atoms with E-state index in [2.05, 4.69) is 17.6 Å². The molecule has 0 radical (unpaired) electrons. The highest BCUT2D eigenvalue weighted by Gasteiger charge is 2.11. The summed E-state index contributed by atoms with van der Waals surface area (Å²) in [4.78, 5) is 11.7. The number of hydrogen-bond acceptors (Lipinski definition) is 2. The summed E-state index contributed by atoms with van der Waals surface area (Å²) in [5.41, 5.74) is 2.04. The maximum absolute atomic E-state index is 11.7. The van der Waals surface area contributed by atoms with Gasteiger partial charge in [0.2, 0.25) is 5.91 Å². The molecule has 4 heteroatoms. The van der Waals surface area contributed by atoms with Gasteiger partial charge in [-0.25, -0.2) is 0 Å². The molecule has 0 heterocycles. The molecule has 2 N–H and O–H groups in total. The summed E-state index contributed by atoms with van der Waals surface area (Å²) in [6, 6.07) is 7.65. The van der Waals surface area contributed by atoms with Gasteiger partial charge in [0.25, 0.3) is 0 Å². The van der Waals surface area contributed by atoms with Crippen LogP contribution in [0, 0.1) is 6.92 Å². The van der Waals surface area contributed by atoms with Gasteiger partial charge in [-0.3, -0.25) is 4.79 Å². The van der Waals surface area contributed by atoms with Crippen LogP contribution in [-0.2, 0) is 4.79 Å². The molecule has 0 saturated heterocycles. The Labute approximate surface area is 109 Å². The Bertz CT molecular complexity index is 338. The molecule has 0 saturated carbocycles. The molecular weight excluding hydrogens is 236 g/mol. The van der Waals surface area contributed by atoms with Crippen molar-refractivity contribution < 1.29 is 4.79 Å². The van der Waals surface area contributed by atoms with E-state index in [0.29, 0.717) is 0 Å². The van der Waals surface area contributed by atoms with Crippen molar-refractivity contribution in [3.63, 3.8) is 0 Å². The molecule has 1 amide bonds. The van der Waals surface area contributed by atoms with Crippen molar-refractivity contribution in [2.24, 2.45) is 0 Å². The first-order valence-electron chi connectivity index (χ1n) is 5.74. The first-order chi connectivity index (χ1) is 7.63. The minimum absolute atomic E-state index is 0. The van der Waals surface area contributed by atoms with Crippen molar-refractivity contribution in [3.8, 4) is 0 Å². The first kappa shape index (κ1) is 15.9. The Morgan fingerprint density at radius 1 is 1.29 bits per heavy atom. The van der Waals surface area contributed by atoms with Crippen LogP contribution in [0.25, 0.3) is 0 Å². The zero-order valence-electron chi connectivity index (χ0n) is 10.6. The van der Waals surface area contributed by atoms with Crippen LogP contribution < -0.4 is 10.6 Å². The van der Waals surface area contributed by atoms with Crippen molar-refractivity contribution in [2.45, 2.75) is 33.2 Å². The van der Waals surface area contributed by atoms with E-state index in [0.717, 1.165) is 18.7 Å². The van der Waals surface area contributed by atoms with Crippen molar-refractivity contribution >= 4 is 24.0 Å². The molecule has 0 aliphatic heterocycles. The molecule has 0 fully saturated rings. The largest absolute Gasteiger partial charge is 0.325 e. The summed E-state index contributed by atoms with van der Waals surface area (Å²) in [6.07, 6.45) is 1.03. The molecule has 0 bridgehead atoms. The Hall–Kier alpha value is -1.06. The second-order valence-corrected chi connectivity index (χ2v) is 4.03. The fraction of sp³-hybridized carbons (Fsp3) is 0.462. The lowest BCUT2D eigenvalue weighted by Crippen LogP contribution is -2.38. The van der Waals surface area contributed by atoms with Crippen LogP contribution in [0.3, 0.4) is 0 Å². The lowest BCUT2D eigenvalue weighted by atomic mass is 10.2. The highest BCUT2D eigenvalue weighted by molar-refractivity contribution is 5.94. The van der Waals surface area contributed by atoms with Crippen LogP contribution >= 0.6 is 12.4 Å². The van der Waals surface area contributed by atoms with E-state index in [1.165, 1.54) is 5.56 Å². The molecule has 1 aromatic carbocycles. The van der Waals surface area contributed by atoms with E-state index >= 15 is 0 Å². The number of carbonyl (C=O) groups is 1. The van der Waals surface area contributed by atoms with Crippen LogP contribution in [0.1, 0.15) is 25.8 Å². The molecule has 17 heavy (non-hydrogen) atoms. The fourth-order valence-electron chi connectivity index (χ4n) is 1.34. The Morgan fingerprint density at radius 2 is 1.88 bits per heavy atom. The van der Waals surface area contributed by atoms with Gasteiger partial charge in [-0.2, -0.15) is 0 Å². The van der Waals surface area contributed by atoms with Gasteiger partial charge in [-0.1, -0.05) is 24.6 Å². The van der Waals surface area contributed by atoms with Gasteiger partial charge in [-0.15, -0.1) is 12.4 Å². The predicted octanol–water partition coefficient (Wildman–Crippen LogP) is 2.74. The zero-order valence-corrected chi connectivity index (χ0v) is 11.4. The van der Waals surface area contributed by atoms with Gasteiger partial charge in [-0.05, 0) is 38.9 Å². The Morgan fingerprint density at radius 3 is 2.41 bits per heavy atom. The van der Waals surface area contributed by atoms with Gasteiger partial charge in [0.05, 0.1) is 6.04 Å². The van der Waals surface area contributed by atoms with Gasteiger partial charge in [0.15, 0.2) is 0 Å². The minimum atomic E-state index is -0.152. The fourth-order valence-corrected chi connectivity index (χ4v) is 1.34. The van der Waals surface area contributed by atoms with Crippen molar-refractivity contribution in [2.75, 3.05) is 11.9 Å². The third-order valence-corrected chi connectivity index (χ3v) is 2.41. The number of halogens is 1. The first-order valence-corrected chi connectivity index (χ1v) is 5.74. The molecule has 3 nitrogen and oxygen atoms in total. The van der Waals surface area contributed by atoms with E-state index in [9.17, 15) is 4.79 Å². The maximum Gasteiger partial charge on any atom is 0.241 e. The summed E-state index contributed by atoms with van der Waals surface area (Å²) in [7, 11) is 0. The highest BCUT2D eigenvalue weighted by Crippen LogP contribution is 2.08. The monoisotopic (exact) mass is 256 g/mol. The van der Waals surface area contributed by atoms with Crippen LogP contribution in [-0.4, -0.2) is 18.5 Å². The molecule has 96 valence electrons. The van der Waals surface area contributed by atoms with Crippen molar-refractivity contribution in [1.82, 2.24) is 5.32 Å². The molecule has 0 spiro atoms. The highest BCUT2D eigenvalue weighted by atomic mass is 35.5. The molecule has 0 aliphatic rings. The number of amides is 1. The number of aryl methyl sites for hydroxylation is 1. The lowest BCUT2D eigenvalue weighted by Gasteiger charge is -2.13.